The van der Waals surface area contributed by atoms with Crippen LogP contribution in [0.1, 0.15) is 35.8 Å². The number of carbonyl (C=O) groups excluding carboxylic acids is 1. The Kier molecular flexibility index (Phi) is 6.04. The van der Waals surface area contributed by atoms with Crippen LogP contribution in [0.2, 0.25) is 0 Å². The number of nitrogens with zero attached hydrogens (tertiary/aromatic N) is 4. The molecule has 2 aromatic rings. The molecule has 1 N–H and O–H groups in total. The molecule has 1 amide bonds. The number of hydrogen-bond donors (Lipinski definition) is 1. The fourth-order valence-electron chi connectivity index (χ4n) is 3.09. The summed E-state index contributed by atoms with van der Waals surface area (Å²) in [5.41, 5.74) is 2.97. The van der Waals surface area contributed by atoms with Crippen LogP contribution in [0.25, 0.3) is 0 Å². The van der Waals surface area contributed by atoms with Crippen LogP contribution in [-0.2, 0) is 0 Å². The van der Waals surface area contributed by atoms with Gasteiger partial charge in [-0.2, -0.15) is 0 Å². The summed E-state index contributed by atoms with van der Waals surface area (Å²) in [7, 11) is 0. The summed E-state index contributed by atoms with van der Waals surface area (Å²) in [4.78, 5) is 25.6. The second-order valence-corrected chi connectivity index (χ2v) is 6.66. The standard InChI is InChI=1S/C20H27N5O/c1-3-4-9-21-19(26)18-8-10-22-20(23-18)25-13-11-24(12-14-25)17-7-5-6-16(2)15-17/h5-8,10,15H,3-4,9,11-14H2,1-2H3,(H,21,26). The maximum Gasteiger partial charge on any atom is 0.270 e. The third-order valence-electron chi connectivity index (χ3n) is 4.62. The first-order valence-electron chi connectivity index (χ1n) is 9.35. The number of rotatable bonds is 6. The third-order valence-corrected chi connectivity index (χ3v) is 4.62. The minimum Gasteiger partial charge on any atom is -0.368 e. The Hall–Kier alpha value is -2.63. The zero-order chi connectivity index (χ0) is 18.4. The number of hydrogen-bond acceptors (Lipinski definition) is 5. The van der Waals surface area contributed by atoms with E-state index in [1.807, 2.05) is 0 Å². The van der Waals surface area contributed by atoms with Gasteiger partial charge in [0.15, 0.2) is 0 Å². The summed E-state index contributed by atoms with van der Waals surface area (Å²) >= 11 is 0. The molecule has 0 radical (unpaired) electrons. The lowest BCUT2D eigenvalue weighted by Crippen LogP contribution is -2.47. The molecule has 0 atom stereocenters. The van der Waals surface area contributed by atoms with Crippen LogP contribution in [-0.4, -0.2) is 48.6 Å². The monoisotopic (exact) mass is 353 g/mol. The molecular formula is C20H27N5O. The molecule has 0 unspecified atom stereocenters. The van der Waals surface area contributed by atoms with Gasteiger partial charge in [-0.3, -0.25) is 4.79 Å². The Labute approximate surface area is 155 Å². The molecular weight excluding hydrogens is 326 g/mol. The second kappa shape index (κ2) is 8.65. The lowest BCUT2D eigenvalue weighted by atomic mass is 10.2. The highest BCUT2D eigenvalue weighted by atomic mass is 16.1. The van der Waals surface area contributed by atoms with E-state index in [1.165, 1.54) is 11.3 Å². The van der Waals surface area contributed by atoms with E-state index in [1.54, 1.807) is 12.3 Å². The van der Waals surface area contributed by atoms with E-state index >= 15 is 0 Å². The molecule has 1 aliphatic rings. The molecule has 0 bridgehead atoms. The van der Waals surface area contributed by atoms with Gasteiger partial charge in [-0.15, -0.1) is 0 Å². The molecule has 2 heterocycles. The zero-order valence-corrected chi connectivity index (χ0v) is 15.6. The number of aromatic nitrogens is 2. The lowest BCUT2D eigenvalue weighted by Gasteiger charge is -2.36. The van der Waals surface area contributed by atoms with E-state index in [9.17, 15) is 4.79 Å². The van der Waals surface area contributed by atoms with Gasteiger partial charge in [0.25, 0.3) is 5.91 Å². The average Bonchev–Trinajstić information content (AvgIpc) is 2.68. The predicted molar refractivity (Wildman–Crippen MR) is 105 cm³/mol. The van der Waals surface area contributed by atoms with Crippen molar-refractivity contribution in [2.24, 2.45) is 0 Å². The van der Waals surface area contributed by atoms with E-state index in [2.05, 4.69) is 63.2 Å². The highest BCUT2D eigenvalue weighted by Gasteiger charge is 2.20. The first-order chi connectivity index (χ1) is 12.7. The molecule has 0 saturated carbocycles. The van der Waals surface area contributed by atoms with Crippen molar-refractivity contribution in [3.63, 3.8) is 0 Å². The van der Waals surface area contributed by atoms with E-state index in [0.29, 0.717) is 18.2 Å². The van der Waals surface area contributed by atoms with Crippen LogP contribution in [0.3, 0.4) is 0 Å². The Morgan fingerprint density at radius 3 is 2.65 bits per heavy atom. The van der Waals surface area contributed by atoms with Crippen LogP contribution in [0.5, 0.6) is 0 Å². The quantitative estimate of drug-likeness (QED) is 0.809. The summed E-state index contributed by atoms with van der Waals surface area (Å²) in [5, 5.41) is 2.91. The minimum atomic E-state index is -0.125. The maximum absolute atomic E-state index is 12.2. The summed E-state index contributed by atoms with van der Waals surface area (Å²) in [5.74, 6) is 0.512. The van der Waals surface area contributed by atoms with Gasteiger partial charge in [0.1, 0.15) is 5.69 Å². The number of piperazine rings is 1. The second-order valence-electron chi connectivity index (χ2n) is 6.66. The number of unbranched alkanes of at least 4 members (excludes halogenated alkanes) is 1. The Morgan fingerprint density at radius 2 is 1.92 bits per heavy atom. The molecule has 1 saturated heterocycles. The SMILES string of the molecule is CCCCNC(=O)c1ccnc(N2CCN(c3cccc(C)c3)CC2)n1. The smallest absolute Gasteiger partial charge is 0.270 e. The van der Waals surface area contributed by atoms with Crippen molar-refractivity contribution in [3.05, 3.63) is 47.8 Å². The predicted octanol–water partition coefficient (Wildman–Crippen LogP) is 2.64. The van der Waals surface area contributed by atoms with Crippen molar-refractivity contribution in [3.8, 4) is 0 Å². The first kappa shape index (κ1) is 18.2. The van der Waals surface area contributed by atoms with Crippen LogP contribution >= 0.6 is 0 Å². The summed E-state index contributed by atoms with van der Waals surface area (Å²) in [6.45, 7) is 8.42. The number of nitrogens with one attached hydrogen (secondary N) is 1. The molecule has 0 spiro atoms. The van der Waals surface area contributed by atoms with Crippen molar-refractivity contribution in [1.82, 2.24) is 15.3 Å². The van der Waals surface area contributed by atoms with Gasteiger partial charge in [0, 0.05) is 44.6 Å². The molecule has 3 rings (SSSR count). The van der Waals surface area contributed by atoms with E-state index in [0.717, 1.165) is 39.0 Å². The molecule has 0 aliphatic carbocycles. The molecule has 1 aromatic heterocycles. The fourth-order valence-corrected chi connectivity index (χ4v) is 3.09. The van der Waals surface area contributed by atoms with Crippen molar-refractivity contribution in [2.75, 3.05) is 42.5 Å². The number of aryl methyl sites for hydroxylation is 1. The molecule has 6 nitrogen and oxygen atoms in total. The number of benzene rings is 1. The summed E-state index contributed by atoms with van der Waals surface area (Å²) < 4.78 is 0. The van der Waals surface area contributed by atoms with Crippen molar-refractivity contribution in [2.45, 2.75) is 26.7 Å². The van der Waals surface area contributed by atoms with Crippen LogP contribution in [0.15, 0.2) is 36.5 Å². The number of amides is 1. The normalized spacial score (nSPS) is 14.4. The summed E-state index contributed by atoms with van der Waals surface area (Å²) in [6.07, 6.45) is 3.70. The topological polar surface area (TPSA) is 61.4 Å². The number of carbonyl (C=O) groups is 1. The highest BCUT2D eigenvalue weighted by molar-refractivity contribution is 5.92. The van der Waals surface area contributed by atoms with Crippen molar-refractivity contribution < 1.29 is 4.79 Å². The van der Waals surface area contributed by atoms with Gasteiger partial charge in [0.2, 0.25) is 5.95 Å². The fraction of sp³-hybridized carbons (Fsp3) is 0.450. The van der Waals surface area contributed by atoms with Crippen molar-refractivity contribution in [1.29, 1.82) is 0 Å². The van der Waals surface area contributed by atoms with Crippen LogP contribution in [0, 0.1) is 6.92 Å². The Morgan fingerprint density at radius 1 is 1.15 bits per heavy atom. The maximum atomic E-state index is 12.2. The largest absolute Gasteiger partial charge is 0.368 e. The van der Waals surface area contributed by atoms with Gasteiger partial charge in [-0.1, -0.05) is 25.5 Å². The van der Waals surface area contributed by atoms with Crippen LogP contribution in [0.4, 0.5) is 11.6 Å². The molecule has 138 valence electrons. The van der Waals surface area contributed by atoms with Crippen LogP contribution < -0.4 is 15.1 Å². The number of anilines is 2. The average molecular weight is 353 g/mol. The Balaban J connectivity index is 1.61. The van der Waals surface area contributed by atoms with E-state index in [4.69, 9.17) is 0 Å². The van der Waals surface area contributed by atoms with E-state index in [-0.39, 0.29) is 5.91 Å². The zero-order valence-electron chi connectivity index (χ0n) is 15.6. The molecule has 6 heteroatoms. The van der Waals surface area contributed by atoms with Gasteiger partial charge in [-0.05, 0) is 37.1 Å². The van der Waals surface area contributed by atoms with Gasteiger partial charge >= 0.3 is 0 Å². The van der Waals surface area contributed by atoms with Gasteiger partial charge < -0.3 is 15.1 Å². The lowest BCUT2D eigenvalue weighted by molar-refractivity contribution is 0.0948. The molecule has 1 fully saturated rings. The molecule has 1 aliphatic heterocycles. The van der Waals surface area contributed by atoms with Crippen molar-refractivity contribution >= 4 is 17.5 Å². The summed E-state index contributed by atoms with van der Waals surface area (Å²) in [6, 6.07) is 10.3. The molecule has 26 heavy (non-hydrogen) atoms. The van der Waals surface area contributed by atoms with E-state index < -0.39 is 0 Å². The highest BCUT2D eigenvalue weighted by Crippen LogP contribution is 2.19. The van der Waals surface area contributed by atoms with Gasteiger partial charge in [-0.25, -0.2) is 9.97 Å². The minimum absolute atomic E-state index is 0.125. The van der Waals surface area contributed by atoms with Gasteiger partial charge in [0.05, 0.1) is 0 Å². The Bertz CT molecular complexity index is 740. The molecule has 1 aromatic carbocycles. The first-order valence-corrected chi connectivity index (χ1v) is 9.35. The third kappa shape index (κ3) is 4.50.